The lowest BCUT2D eigenvalue weighted by Gasteiger charge is -2.09. The summed E-state index contributed by atoms with van der Waals surface area (Å²) in [4.78, 5) is 10.0. The predicted molar refractivity (Wildman–Crippen MR) is 74.3 cm³/mol. The number of nitro groups is 1. The van der Waals surface area contributed by atoms with E-state index in [1.165, 1.54) is 13.2 Å². The van der Waals surface area contributed by atoms with Crippen LogP contribution in [0.5, 0.6) is 5.75 Å². The first kappa shape index (κ1) is 14.1. The van der Waals surface area contributed by atoms with Gasteiger partial charge in [0, 0.05) is 17.4 Å². The van der Waals surface area contributed by atoms with Gasteiger partial charge in [0.2, 0.25) is 0 Å². The maximum absolute atomic E-state index is 13.3. The molecule has 0 amide bonds. The van der Waals surface area contributed by atoms with Crippen LogP contribution in [0.2, 0.25) is 5.02 Å². The smallest absolute Gasteiger partial charge is 0.274 e. The minimum absolute atomic E-state index is 0.262. The normalized spacial score (nSPS) is 10.2. The van der Waals surface area contributed by atoms with Crippen molar-refractivity contribution in [3.05, 3.63) is 57.4 Å². The highest BCUT2D eigenvalue weighted by molar-refractivity contribution is 6.32. The number of rotatable bonds is 4. The van der Waals surface area contributed by atoms with Crippen molar-refractivity contribution in [2.24, 2.45) is 0 Å². The molecule has 20 heavy (non-hydrogen) atoms. The van der Waals surface area contributed by atoms with E-state index in [-0.39, 0.29) is 11.4 Å². The number of hydrogen-bond acceptors (Lipinski definition) is 4. The molecular formula is C13H10ClFN2O3. The van der Waals surface area contributed by atoms with Crippen molar-refractivity contribution >= 4 is 28.7 Å². The maximum atomic E-state index is 13.3. The van der Waals surface area contributed by atoms with Gasteiger partial charge in [-0.1, -0.05) is 11.6 Å². The van der Waals surface area contributed by atoms with Gasteiger partial charge in [0.25, 0.3) is 5.69 Å². The Morgan fingerprint density at radius 1 is 1.25 bits per heavy atom. The quantitative estimate of drug-likeness (QED) is 0.680. The molecule has 7 heteroatoms. The molecule has 0 saturated heterocycles. The highest BCUT2D eigenvalue weighted by Crippen LogP contribution is 2.30. The summed E-state index contributed by atoms with van der Waals surface area (Å²) in [6, 6.07) is 8.13. The molecule has 0 fully saturated rings. The van der Waals surface area contributed by atoms with Gasteiger partial charge >= 0.3 is 0 Å². The van der Waals surface area contributed by atoms with Crippen molar-refractivity contribution in [1.29, 1.82) is 0 Å². The number of non-ortho nitro benzene ring substituents is 1. The number of benzene rings is 2. The molecule has 0 atom stereocenters. The Balaban J connectivity index is 2.30. The second kappa shape index (κ2) is 5.75. The van der Waals surface area contributed by atoms with Gasteiger partial charge < -0.3 is 10.1 Å². The van der Waals surface area contributed by atoms with Crippen LogP contribution in [0.1, 0.15) is 0 Å². The molecule has 0 spiro atoms. The van der Waals surface area contributed by atoms with E-state index in [2.05, 4.69) is 5.32 Å². The molecule has 0 radical (unpaired) electrons. The number of anilines is 2. The number of hydrogen-bond donors (Lipinski definition) is 1. The summed E-state index contributed by atoms with van der Waals surface area (Å²) in [6.45, 7) is 0. The van der Waals surface area contributed by atoms with E-state index in [0.717, 1.165) is 12.1 Å². The predicted octanol–water partition coefficient (Wildman–Crippen LogP) is 4.14. The Morgan fingerprint density at radius 3 is 2.60 bits per heavy atom. The fraction of sp³-hybridized carbons (Fsp3) is 0.0769. The number of methoxy groups -OCH3 is 1. The van der Waals surface area contributed by atoms with Gasteiger partial charge in [-0.2, -0.15) is 0 Å². The molecule has 1 N–H and O–H groups in total. The van der Waals surface area contributed by atoms with E-state index in [4.69, 9.17) is 16.3 Å². The second-order valence-corrected chi connectivity index (χ2v) is 4.34. The molecule has 2 aromatic carbocycles. The van der Waals surface area contributed by atoms with Gasteiger partial charge in [-0.25, -0.2) is 4.39 Å². The average molecular weight is 297 g/mol. The first-order valence-electron chi connectivity index (χ1n) is 5.55. The average Bonchev–Trinajstić information content (AvgIpc) is 2.38. The van der Waals surface area contributed by atoms with Crippen LogP contribution in [0.15, 0.2) is 36.4 Å². The fourth-order valence-electron chi connectivity index (χ4n) is 1.66. The van der Waals surface area contributed by atoms with Crippen molar-refractivity contribution < 1.29 is 14.1 Å². The zero-order valence-corrected chi connectivity index (χ0v) is 11.1. The van der Waals surface area contributed by atoms with Crippen molar-refractivity contribution in [2.45, 2.75) is 0 Å². The molecule has 5 nitrogen and oxygen atoms in total. The van der Waals surface area contributed by atoms with Crippen LogP contribution in [-0.4, -0.2) is 12.0 Å². The molecule has 104 valence electrons. The van der Waals surface area contributed by atoms with Crippen LogP contribution in [-0.2, 0) is 0 Å². The lowest BCUT2D eigenvalue weighted by atomic mass is 10.2. The molecule has 0 aliphatic heterocycles. The summed E-state index contributed by atoms with van der Waals surface area (Å²) in [5.74, 6) is -0.191. The SMILES string of the molecule is COc1ccc(Nc2cc(F)cc([N+](=O)[O-])c2)cc1Cl. The third-order valence-electron chi connectivity index (χ3n) is 2.53. The number of nitrogens with zero attached hydrogens (tertiary/aromatic N) is 1. The minimum atomic E-state index is -0.693. The van der Waals surface area contributed by atoms with Gasteiger partial charge in [0.1, 0.15) is 11.6 Å². The number of ether oxygens (including phenoxy) is 1. The molecule has 0 aromatic heterocycles. The van der Waals surface area contributed by atoms with E-state index >= 15 is 0 Å². The number of halogens is 2. The highest BCUT2D eigenvalue weighted by Gasteiger charge is 2.10. The van der Waals surface area contributed by atoms with Gasteiger partial charge in [-0.05, 0) is 24.3 Å². The Kier molecular flexibility index (Phi) is 4.05. The Hall–Kier alpha value is -2.34. The standard InChI is InChI=1S/C13H10ClFN2O3/c1-20-13-3-2-9(7-12(13)14)16-10-4-8(15)5-11(6-10)17(18)19/h2-7,16H,1H3. The van der Waals surface area contributed by atoms with Crippen molar-refractivity contribution in [2.75, 3.05) is 12.4 Å². The monoisotopic (exact) mass is 296 g/mol. The molecule has 0 aliphatic carbocycles. The summed E-state index contributed by atoms with van der Waals surface area (Å²) in [5.41, 5.74) is 0.501. The largest absolute Gasteiger partial charge is 0.495 e. The lowest BCUT2D eigenvalue weighted by Crippen LogP contribution is -1.95. The summed E-state index contributed by atoms with van der Waals surface area (Å²) >= 11 is 5.96. The van der Waals surface area contributed by atoms with Crippen LogP contribution >= 0.6 is 11.6 Å². The van der Waals surface area contributed by atoms with Crippen LogP contribution < -0.4 is 10.1 Å². The van der Waals surface area contributed by atoms with Crippen LogP contribution in [0.4, 0.5) is 21.5 Å². The molecule has 2 rings (SSSR count). The Bertz CT molecular complexity index is 664. The van der Waals surface area contributed by atoms with E-state index in [1.807, 2.05) is 0 Å². The molecule has 0 saturated carbocycles. The third kappa shape index (κ3) is 3.16. The van der Waals surface area contributed by atoms with E-state index in [0.29, 0.717) is 16.5 Å². The number of nitrogens with one attached hydrogen (secondary N) is 1. The molecular weight excluding hydrogens is 287 g/mol. The van der Waals surface area contributed by atoms with E-state index in [9.17, 15) is 14.5 Å². The Morgan fingerprint density at radius 2 is 2.00 bits per heavy atom. The zero-order valence-electron chi connectivity index (χ0n) is 10.4. The molecule has 0 aliphatic rings. The first-order chi connectivity index (χ1) is 9.49. The van der Waals surface area contributed by atoms with Crippen molar-refractivity contribution in [3.8, 4) is 5.75 Å². The van der Waals surface area contributed by atoms with Gasteiger partial charge in [0.15, 0.2) is 0 Å². The fourth-order valence-corrected chi connectivity index (χ4v) is 1.92. The van der Waals surface area contributed by atoms with E-state index < -0.39 is 10.7 Å². The highest BCUT2D eigenvalue weighted by atomic mass is 35.5. The molecule has 0 bridgehead atoms. The minimum Gasteiger partial charge on any atom is -0.495 e. The van der Waals surface area contributed by atoms with Gasteiger partial charge in [-0.3, -0.25) is 10.1 Å². The topological polar surface area (TPSA) is 64.4 Å². The van der Waals surface area contributed by atoms with Gasteiger partial charge in [0.05, 0.1) is 23.1 Å². The summed E-state index contributed by atoms with van der Waals surface area (Å²) in [5, 5.41) is 13.9. The summed E-state index contributed by atoms with van der Waals surface area (Å²) < 4.78 is 18.3. The van der Waals surface area contributed by atoms with Crippen molar-refractivity contribution in [3.63, 3.8) is 0 Å². The first-order valence-corrected chi connectivity index (χ1v) is 5.93. The van der Waals surface area contributed by atoms with Crippen LogP contribution in [0.3, 0.4) is 0 Å². The lowest BCUT2D eigenvalue weighted by molar-refractivity contribution is -0.385. The van der Waals surface area contributed by atoms with Crippen LogP contribution in [0, 0.1) is 15.9 Å². The number of nitro benzene ring substituents is 1. The zero-order chi connectivity index (χ0) is 14.7. The van der Waals surface area contributed by atoms with E-state index in [1.54, 1.807) is 18.2 Å². The summed E-state index contributed by atoms with van der Waals surface area (Å²) in [6.07, 6.45) is 0. The third-order valence-corrected chi connectivity index (χ3v) is 2.83. The summed E-state index contributed by atoms with van der Waals surface area (Å²) in [7, 11) is 1.49. The molecule has 0 unspecified atom stereocenters. The van der Waals surface area contributed by atoms with Gasteiger partial charge in [-0.15, -0.1) is 0 Å². The second-order valence-electron chi connectivity index (χ2n) is 3.93. The molecule has 2 aromatic rings. The van der Waals surface area contributed by atoms with Crippen molar-refractivity contribution in [1.82, 2.24) is 0 Å². The van der Waals surface area contributed by atoms with Crippen LogP contribution in [0.25, 0.3) is 0 Å². The maximum Gasteiger partial charge on any atom is 0.274 e. The molecule has 0 heterocycles. The Labute approximate surface area is 119 Å².